The Balaban J connectivity index is 3.63. The summed E-state index contributed by atoms with van der Waals surface area (Å²) in [5, 5.41) is 0. The van der Waals surface area contributed by atoms with Crippen molar-refractivity contribution in [1.29, 1.82) is 0 Å². The molecule has 0 N–H and O–H groups in total. The lowest BCUT2D eigenvalue weighted by Crippen LogP contribution is -2.15. The maximum atomic E-state index is 3.70. The molecule has 102 valence electrons. The second kappa shape index (κ2) is 6.08. The third kappa shape index (κ3) is 3.72. The van der Waals surface area contributed by atoms with Crippen LogP contribution in [0.4, 0.5) is 0 Å². The van der Waals surface area contributed by atoms with Gasteiger partial charge in [-0.1, -0.05) is 59.4 Å². The molecule has 0 bridgehead atoms. The molecule has 0 unspecified atom stereocenters. The van der Waals surface area contributed by atoms with Gasteiger partial charge in [0.25, 0.3) is 0 Å². The quantitative estimate of drug-likeness (QED) is 0.474. The fraction of sp³-hybridized carbons (Fsp3) is 0.421. The van der Waals surface area contributed by atoms with Gasteiger partial charge in [0.05, 0.1) is 0 Å². The van der Waals surface area contributed by atoms with Gasteiger partial charge >= 0.3 is 0 Å². The Hall–Kier alpha value is -1.52. The molecule has 0 aliphatic heterocycles. The van der Waals surface area contributed by atoms with Gasteiger partial charge in [-0.3, -0.25) is 0 Å². The molecule has 0 heteroatoms. The van der Waals surface area contributed by atoms with Gasteiger partial charge in [-0.25, -0.2) is 0 Å². The number of benzene rings is 1. The molecule has 1 rings (SSSR count). The molecule has 0 saturated heterocycles. The zero-order valence-electron chi connectivity index (χ0n) is 13.2. The summed E-state index contributed by atoms with van der Waals surface area (Å²) in [4.78, 5) is 0. The van der Waals surface area contributed by atoms with E-state index in [1.165, 1.54) is 22.3 Å². The van der Waals surface area contributed by atoms with Gasteiger partial charge in [0.1, 0.15) is 0 Å². The SMILES string of the molecule is C=CC=C=Cc1c(C(C)(C)C)ccc(C)c1C(C)C. The molecule has 0 atom stereocenters. The average molecular weight is 254 g/mol. The molecule has 0 amide bonds. The highest BCUT2D eigenvalue weighted by molar-refractivity contribution is 5.62. The van der Waals surface area contributed by atoms with Crippen molar-refractivity contribution in [1.82, 2.24) is 0 Å². The van der Waals surface area contributed by atoms with Gasteiger partial charge in [0.15, 0.2) is 0 Å². The molecule has 0 nitrogen and oxygen atoms in total. The molecule has 1 aromatic carbocycles. The first-order valence-electron chi connectivity index (χ1n) is 6.96. The number of aryl methyl sites for hydroxylation is 1. The van der Waals surface area contributed by atoms with Crippen molar-refractivity contribution in [3.05, 3.63) is 58.8 Å². The highest BCUT2D eigenvalue weighted by Crippen LogP contribution is 2.34. The van der Waals surface area contributed by atoms with Gasteiger partial charge in [-0.05, 0) is 52.7 Å². The molecule has 0 radical (unpaired) electrons. The Labute approximate surface area is 118 Å². The zero-order valence-corrected chi connectivity index (χ0v) is 13.2. The largest absolute Gasteiger partial charge is 0.120 e. The van der Waals surface area contributed by atoms with E-state index in [-0.39, 0.29) is 5.41 Å². The zero-order chi connectivity index (χ0) is 14.6. The van der Waals surface area contributed by atoms with E-state index in [1.807, 2.05) is 6.08 Å². The fourth-order valence-corrected chi connectivity index (χ4v) is 2.52. The molecular formula is C19H26. The van der Waals surface area contributed by atoms with Crippen molar-refractivity contribution in [2.24, 2.45) is 0 Å². The summed E-state index contributed by atoms with van der Waals surface area (Å²) >= 11 is 0. The van der Waals surface area contributed by atoms with Crippen LogP contribution >= 0.6 is 0 Å². The van der Waals surface area contributed by atoms with Crippen molar-refractivity contribution in [3.8, 4) is 0 Å². The van der Waals surface area contributed by atoms with Gasteiger partial charge in [-0.15, -0.1) is 5.73 Å². The first kappa shape index (κ1) is 15.5. The van der Waals surface area contributed by atoms with E-state index >= 15 is 0 Å². The molecule has 0 saturated carbocycles. The number of hydrogen-bond acceptors (Lipinski definition) is 0. The normalized spacial score (nSPS) is 11.1. The van der Waals surface area contributed by atoms with Gasteiger partial charge in [0.2, 0.25) is 0 Å². The molecule has 0 aliphatic carbocycles. The lowest BCUT2D eigenvalue weighted by molar-refractivity contribution is 0.587. The number of allylic oxidation sites excluding steroid dienone is 2. The maximum Gasteiger partial charge on any atom is -0.0105 e. The van der Waals surface area contributed by atoms with Crippen LogP contribution in [0.15, 0.2) is 36.6 Å². The lowest BCUT2D eigenvalue weighted by atomic mass is 9.79. The highest BCUT2D eigenvalue weighted by Gasteiger charge is 2.20. The smallest absolute Gasteiger partial charge is 0.0105 e. The third-order valence-electron chi connectivity index (χ3n) is 3.33. The van der Waals surface area contributed by atoms with Crippen molar-refractivity contribution < 1.29 is 0 Å². The van der Waals surface area contributed by atoms with Crippen LogP contribution in [0.1, 0.15) is 62.8 Å². The summed E-state index contributed by atoms with van der Waals surface area (Å²) in [6.45, 7) is 17.2. The summed E-state index contributed by atoms with van der Waals surface area (Å²) < 4.78 is 0. The Morgan fingerprint density at radius 2 is 1.84 bits per heavy atom. The minimum Gasteiger partial charge on any atom is -0.120 e. The fourth-order valence-electron chi connectivity index (χ4n) is 2.52. The molecule has 0 aliphatic rings. The molecule has 0 heterocycles. The predicted molar refractivity (Wildman–Crippen MR) is 86.7 cm³/mol. The van der Waals surface area contributed by atoms with Crippen LogP contribution in [0.2, 0.25) is 0 Å². The molecular weight excluding hydrogens is 228 g/mol. The van der Waals surface area contributed by atoms with E-state index in [4.69, 9.17) is 0 Å². The molecule has 1 aromatic rings. The van der Waals surface area contributed by atoms with E-state index in [2.05, 4.69) is 72.1 Å². The van der Waals surface area contributed by atoms with E-state index < -0.39 is 0 Å². The van der Waals surface area contributed by atoms with E-state index in [0.717, 1.165) is 0 Å². The van der Waals surface area contributed by atoms with Crippen LogP contribution in [0.25, 0.3) is 6.08 Å². The summed E-state index contributed by atoms with van der Waals surface area (Å²) in [6, 6.07) is 4.49. The van der Waals surface area contributed by atoms with Crippen molar-refractivity contribution in [3.63, 3.8) is 0 Å². The van der Waals surface area contributed by atoms with Crippen molar-refractivity contribution in [2.75, 3.05) is 0 Å². The minimum atomic E-state index is 0.138. The third-order valence-corrected chi connectivity index (χ3v) is 3.33. The Bertz CT molecular complexity index is 516. The average Bonchev–Trinajstić information content (AvgIpc) is 2.27. The first-order valence-corrected chi connectivity index (χ1v) is 6.96. The Morgan fingerprint density at radius 3 is 2.32 bits per heavy atom. The van der Waals surface area contributed by atoms with E-state index in [1.54, 1.807) is 6.08 Å². The van der Waals surface area contributed by atoms with Crippen LogP contribution in [-0.2, 0) is 5.41 Å². The van der Waals surface area contributed by atoms with E-state index in [9.17, 15) is 0 Å². The van der Waals surface area contributed by atoms with Gasteiger partial charge in [0, 0.05) is 0 Å². The summed E-state index contributed by atoms with van der Waals surface area (Å²) in [7, 11) is 0. The van der Waals surface area contributed by atoms with Crippen LogP contribution in [0, 0.1) is 6.92 Å². The molecule has 0 fully saturated rings. The first-order chi connectivity index (χ1) is 8.79. The predicted octanol–water partition coefficient (Wildman–Crippen LogP) is 5.77. The molecule has 19 heavy (non-hydrogen) atoms. The van der Waals surface area contributed by atoms with Crippen LogP contribution in [0.3, 0.4) is 0 Å². The monoisotopic (exact) mass is 254 g/mol. The van der Waals surface area contributed by atoms with Crippen LogP contribution in [0.5, 0.6) is 0 Å². The van der Waals surface area contributed by atoms with Crippen molar-refractivity contribution >= 4 is 6.08 Å². The Kier molecular flexibility index (Phi) is 4.97. The maximum absolute atomic E-state index is 3.70. The standard InChI is InChI=1S/C19H26/c1-8-9-10-11-16-17(19(5,6)7)13-12-15(4)18(16)14(2)3/h8-9,11-14H,1H2,2-7H3. The molecule has 0 spiro atoms. The molecule has 0 aromatic heterocycles. The van der Waals surface area contributed by atoms with Crippen molar-refractivity contribution in [2.45, 2.75) is 52.9 Å². The lowest BCUT2D eigenvalue weighted by Gasteiger charge is -2.26. The second-order valence-electron chi connectivity index (χ2n) is 6.38. The second-order valence-corrected chi connectivity index (χ2v) is 6.38. The Morgan fingerprint density at radius 1 is 1.21 bits per heavy atom. The minimum absolute atomic E-state index is 0.138. The topological polar surface area (TPSA) is 0 Å². The summed E-state index contributed by atoms with van der Waals surface area (Å²) in [5.41, 5.74) is 8.84. The summed E-state index contributed by atoms with van der Waals surface area (Å²) in [5.74, 6) is 0.513. The number of hydrogen-bond donors (Lipinski definition) is 0. The van der Waals surface area contributed by atoms with Gasteiger partial charge < -0.3 is 0 Å². The summed E-state index contributed by atoms with van der Waals surface area (Å²) in [6.07, 6.45) is 5.72. The van der Waals surface area contributed by atoms with Crippen LogP contribution < -0.4 is 0 Å². The van der Waals surface area contributed by atoms with Crippen LogP contribution in [-0.4, -0.2) is 0 Å². The number of rotatable bonds is 3. The van der Waals surface area contributed by atoms with Gasteiger partial charge in [-0.2, -0.15) is 0 Å². The van der Waals surface area contributed by atoms with E-state index in [0.29, 0.717) is 5.92 Å². The highest BCUT2D eigenvalue weighted by atomic mass is 14.2.